The third kappa shape index (κ3) is 5.31. The Balaban J connectivity index is 1.96. The maximum Gasteiger partial charge on any atom is 0.328 e. The molecule has 34 heavy (non-hydrogen) atoms. The Labute approximate surface area is 196 Å². The summed E-state index contributed by atoms with van der Waals surface area (Å²) in [5.41, 5.74) is 6.71. The minimum atomic E-state index is -1.02. The standard InChI is InChI=1S/C28H22N2O4/c31-25(32)17-13-21-11-15-23(29-21)27(19-7-3-1-4-8-19)28(20-9-5-2-6-10-20)24-16-12-22(30-24)14-18-26(33)34/h1-18,29-30H,(H,31,32)(H,33,34)/b17-13+,18-14+,28-27+. The van der Waals surface area contributed by atoms with Crippen molar-refractivity contribution in [1.29, 1.82) is 0 Å². The summed E-state index contributed by atoms with van der Waals surface area (Å²) in [5.74, 6) is -2.04. The van der Waals surface area contributed by atoms with E-state index in [1.54, 1.807) is 0 Å². The first kappa shape index (κ1) is 22.4. The van der Waals surface area contributed by atoms with Crippen LogP contribution in [0.3, 0.4) is 0 Å². The van der Waals surface area contributed by atoms with Crippen molar-refractivity contribution in [2.75, 3.05) is 0 Å². The number of carbonyl (C=O) groups is 2. The van der Waals surface area contributed by atoms with Gasteiger partial charge in [0.25, 0.3) is 0 Å². The van der Waals surface area contributed by atoms with E-state index < -0.39 is 11.9 Å². The maximum absolute atomic E-state index is 11.0. The van der Waals surface area contributed by atoms with E-state index in [1.807, 2.05) is 84.9 Å². The molecule has 4 aromatic rings. The van der Waals surface area contributed by atoms with Gasteiger partial charge < -0.3 is 20.2 Å². The van der Waals surface area contributed by atoms with Gasteiger partial charge in [0.1, 0.15) is 0 Å². The molecule has 0 fully saturated rings. The van der Waals surface area contributed by atoms with E-state index in [2.05, 4.69) is 9.97 Å². The van der Waals surface area contributed by atoms with Gasteiger partial charge >= 0.3 is 11.9 Å². The summed E-state index contributed by atoms with van der Waals surface area (Å²) in [5, 5.41) is 18.0. The highest BCUT2D eigenvalue weighted by Crippen LogP contribution is 2.36. The summed E-state index contributed by atoms with van der Waals surface area (Å²) >= 11 is 0. The molecule has 0 radical (unpaired) electrons. The molecule has 0 amide bonds. The molecule has 6 heteroatoms. The zero-order valence-electron chi connectivity index (χ0n) is 18.1. The maximum atomic E-state index is 11.0. The van der Waals surface area contributed by atoms with Crippen LogP contribution in [0.5, 0.6) is 0 Å². The van der Waals surface area contributed by atoms with Crippen LogP contribution in [0.1, 0.15) is 33.9 Å². The highest BCUT2D eigenvalue weighted by atomic mass is 16.4. The third-order valence-electron chi connectivity index (χ3n) is 5.14. The van der Waals surface area contributed by atoms with Crippen LogP contribution in [0.4, 0.5) is 0 Å². The third-order valence-corrected chi connectivity index (χ3v) is 5.14. The number of H-pyrrole nitrogens is 2. The van der Waals surface area contributed by atoms with Gasteiger partial charge in [0.05, 0.1) is 0 Å². The molecule has 6 nitrogen and oxygen atoms in total. The molecule has 168 valence electrons. The molecule has 0 aliphatic rings. The molecule has 2 aromatic heterocycles. The predicted molar refractivity (Wildman–Crippen MR) is 133 cm³/mol. The first-order chi connectivity index (χ1) is 16.5. The Kier molecular flexibility index (Phi) is 6.70. The van der Waals surface area contributed by atoms with Crippen LogP contribution in [0.15, 0.2) is 97.1 Å². The second kappa shape index (κ2) is 10.2. The van der Waals surface area contributed by atoms with Crippen LogP contribution in [-0.4, -0.2) is 32.1 Å². The van der Waals surface area contributed by atoms with E-state index in [1.165, 1.54) is 12.2 Å². The van der Waals surface area contributed by atoms with Crippen LogP contribution in [-0.2, 0) is 9.59 Å². The van der Waals surface area contributed by atoms with E-state index in [0.717, 1.165) is 45.8 Å². The van der Waals surface area contributed by atoms with Crippen LogP contribution < -0.4 is 0 Å². The van der Waals surface area contributed by atoms with E-state index in [0.29, 0.717) is 11.4 Å². The molecular formula is C28H22N2O4. The average Bonchev–Trinajstić information content (AvgIpc) is 3.50. The number of rotatable bonds is 8. The predicted octanol–water partition coefficient (Wildman–Crippen LogP) is 5.55. The lowest BCUT2D eigenvalue weighted by atomic mass is 9.90. The van der Waals surface area contributed by atoms with Crippen molar-refractivity contribution in [3.05, 3.63) is 131 Å². The lowest BCUT2D eigenvalue weighted by Gasteiger charge is -2.15. The first-order valence-corrected chi connectivity index (χ1v) is 10.6. The summed E-state index contributed by atoms with van der Waals surface area (Å²) in [6, 6.07) is 27.3. The molecule has 2 heterocycles. The SMILES string of the molecule is O=C(O)/C=C/c1ccc(/C(=C(\c2ccccc2)c2ccc(/C=C/C(=O)O)[nH]2)c2ccccc2)[nH]1. The lowest BCUT2D eigenvalue weighted by Crippen LogP contribution is -1.98. The number of nitrogens with one attached hydrogen (secondary N) is 2. The largest absolute Gasteiger partial charge is 0.478 e. The molecular weight excluding hydrogens is 428 g/mol. The molecule has 0 aliphatic carbocycles. The van der Waals surface area contributed by atoms with Crippen molar-refractivity contribution in [3.8, 4) is 0 Å². The zero-order valence-corrected chi connectivity index (χ0v) is 18.1. The van der Waals surface area contributed by atoms with Crippen LogP contribution in [0, 0.1) is 0 Å². The molecule has 0 aliphatic heterocycles. The Morgan fingerprint density at radius 2 is 0.941 bits per heavy atom. The summed E-state index contributed by atoms with van der Waals surface area (Å²) < 4.78 is 0. The fourth-order valence-electron chi connectivity index (χ4n) is 3.71. The number of hydrogen-bond donors (Lipinski definition) is 4. The van der Waals surface area contributed by atoms with Gasteiger partial charge in [-0.1, -0.05) is 60.7 Å². The number of aromatic nitrogens is 2. The van der Waals surface area contributed by atoms with Crippen LogP contribution >= 0.6 is 0 Å². The van der Waals surface area contributed by atoms with Gasteiger partial charge in [0.2, 0.25) is 0 Å². The second-order valence-corrected chi connectivity index (χ2v) is 7.48. The molecule has 2 aromatic carbocycles. The minimum absolute atomic E-state index is 0.662. The molecule has 0 bridgehead atoms. The monoisotopic (exact) mass is 450 g/mol. The van der Waals surface area contributed by atoms with E-state index in [9.17, 15) is 9.59 Å². The zero-order chi connectivity index (χ0) is 23.9. The summed E-state index contributed by atoms with van der Waals surface area (Å²) in [6.45, 7) is 0. The van der Waals surface area contributed by atoms with Crippen molar-refractivity contribution in [2.24, 2.45) is 0 Å². The number of aliphatic carboxylic acids is 2. The van der Waals surface area contributed by atoms with E-state index >= 15 is 0 Å². The van der Waals surface area contributed by atoms with Gasteiger partial charge in [-0.15, -0.1) is 0 Å². The fraction of sp³-hybridized carbons (Fsp3) is 0. The summed E-state index contributed by atoms with van der Waals surface area (Å²) in [7, 11) is 0. The quantitative estimate of drug-likeness (QED) is 0.209. The average molecular weight is 450 g/mol. The fourth-order valence-corrected chi connectivity index (χ4v) is 3.71. The highest BCUT2D eigenvalue weighted by molar-refractivity contribution is 6.03. The molecule has 0 spiro atoms. The molecule has 4 N–H and O–H groups in total. The van der Waals surface area contributed by atoms with Crippen molar-refractivity contribution in [3.63, 3.8) is 0 Å². The van der Waals surface area contributed by atoms with Crippen molar-refractivity contribution in [1.82, 2.24) is 9.97 Å². The van der Waals surface area contributed by atoms with Gasteiger partial charge in [-0.25, -0.2) is 9.59 Å². The van der Waals surface area contributed by atoms with Gasteiger partial charge in [0.15, 0.2) is 0 Å². The molecule has 0 saturated heterocycles. The van der Waals surface area contributed by atoms with E-state index in [-0.39, 0.29) is 0 Å². The topological polar surface area (TPSA) is 106 Å². The van der Waals surface area contributed by atoms with Gasteiger partial charge in [0, 0.05) is 46.1 Å². The first-order valence-electron chi connectivity index (χ1n) is 10.6. The Hall–Kier alpha value is -4.84. The number of aromatic amines is 2. The molecule has 4 rings (SSSR count). The number of carboxylic acids is 2. The van der Waals surface area contributed by atoms with Gasteiger partial charge in [-0.3, -0.25) is 0 Å². The normalized spacial score (nSPS) is 12.2. The smallest absolute Gasteiger partial charge is 0.328 e. The second-order valence-electron chi connectivity index (χ2n) is 7.48. The molecule has 0 unspecified atom stereocenters. The molecule has 0 saturated carbocycles. The summed E-state index contributed by atoms with van der Waals surface area (Å²) in [6.07, 6.45) is 5.21. The summed E-state index contributed by atoms with van der Waals surface area (Å²) in [4.78, 5) is 28.5. The van der Waals surface area contributed by atoms with Crippen LogP contribution in [0.25, 0.3) is 23.3 Å². The minimum Gasteiger partial charge on any atom is -0.478 e. The number of hydrogen-bond acceptors (Lipinski definition) is 2. The lowest BCUT2D eigenvalue weighted by molar-refractivity contribution is -0.132. The van der Waals surface area contributed by atoms with E-state index in [4.69, 9.17) is 10.2 Å². The van der Waals surface area contributed by atoms with Crippen LogP contribution in [0.2, 0.25) is 0 Å². The van der Waals surface area contributed by atoms with Crippen molar-refractivity contribution < 1.29 is 19.8 Å². The number of carboxylic acid groups (broad SMARTS) is 2. The van der Waals surface area contributed by atoms with Crippen molar-refractivity contribution >= 4 is 35.2 Å². The van der Waals surface area contributed by atoms with Gasteiger partial charge in [-0.2, -0.15) is 0 Å². The Morgan fingerprint density at radius 3 is 1.29 bits per heavy atom. The highest BCUT2D eigenvalue weighted by Gasteiger charge is 2.18. The Morgan fingerprint density at radius 1 is 0.559 bits per heavy atom. The van der Waals surface area contributed by atoms with Crippen molar-refractivity contribution in [2.45, 2.75) is 0 Å². The molecule has 0 atom stereocenters. The number of benzene rings is 2. The Bertz CT molecular complexity index is 1280. The van der Waals surface area contributed by atoms with Gasteiger partial charge in [-0.05, 0) is 47.5 Å².